The molecular weight excluding hydrogens is 462 g/mol. The molecule has 3 atom stereocenters. The third-order valence-corrected chi connectivity index (χ3v) is 6.95. The van der Waals surface area contributed by atoms with E-state index in [0.717, 1.165) is 5.56 Å². The molecule has 0 aliphatic carbocycles. The topological polar surface area (TPSA) is 58.2 Å². The zero-order valence-electron chi connectivity index (χ0n) is 17.2. The van der Waals surface area contributed by atoms with E-state index < -0.39 is 23.2 Å². The second-order valence-electron chi connectivity index (χ2n) is 8.21. The lowest BCUT2D eigenvalue weighted by atomic mass is 9.59. The molecular formula is C26H17Cl2FN2O2. The fourth-order valence-corrected chi connectivity index (χ4v) is 5.50. The van der Waals surface area contributed by atoms with Gasteiger partial charge in [-0.25, -0.2) is 4.39 Å². The van der Waals surface area contributed by atoms with Crippen LogP contribution in [0.25, 0.3) is 0 Å². The van der Waals surface area contributed by atoms with Gasteiger partial charge in [-0.3, -0.25) is 9.59 Å². The van der Waals surface area contributed by atoms with Crippen molar-refractivity contribution in [1.82, 2.24) is 5.32 Å². The van der Waals surface area contributed by atoms with Gasteiger partial charge in [-0.15, -0.1) is 6.42 Å². The van der Waals surface area contributed by atoms with Crippen LogP contribution < -0.4 is 10.6 Å². The Labute approximate surface area is 200 Å². The number of hydrogen-bond acceptors (Lipinski definition) is 2. The maximum Gasteiger partial charge on any atom is 0.238 e. The lowest BCUT2D eigenvalue weighted by Gasteiger charge is -2.46. The van der Waals surface area contributed by atoms with Gasteiger partial charge in [0.05, 0.1) is 11.6 Å². The summed E-state index contributed by atoms with van der Waals surface area (Å²) in [6, 6.07) is 15.8. The predicted octanol–water partition coefficient (Wildman–Crippen LogP) is 5.35. The molecule has 164 valence electrons. The van der Waals surface area contributed by atoms with Crippen molar-refractivity contribution in [3.05, 3.63) is 98.8 Å². The molecule has 7 heteroatoms. The first-order valence-electron chi connectivity index (χ1n) is 10.3. The quantitative estimate of drug-likeness (QED) is 0.487. The second-order valence-corrected chi connectivity index (χ2v) is 9.08. The van der Waals surface area contributed by atoms with E-state index in [1.54, 1.807) is 42.5 Å². The van der Waals surface area contributed by atoms with E-state index in [-0.39, 0.29) is 23.8 Å². The number of amides is 2. The highest BCUT2D eigenvalue weighted by Crippen LogP contribution is 2.57. The van der Waals surface area contributed by atoms with Gasteiger partial charge in [-0.05, 0) is 53.1 Å². The number of fused-ring (bicyclic) bond motifs is 2. The van der Waals surface area contributed by atoms with Crippen LogP contribution in [0.15, 0.2) is 60.7 Å². The summed E-state index contributed by atoms with van der Waals surface area (Å²) in [7, 11) is 0. The molecule has 2 aliphatic rings. The first kappa shape index (κ1) is 21.5. The van der Waals surface area contributed by atoms with Crippen molar-refractivity contribution >= 4 is 40.7 Å². The Bertz CT molecular complexity index is 1370. The van der Waals surface area contributed by atoms with E-state index in [9.17, 15) is 14.0 Å². The standard InChI is InChI=1S/C26H17Cl2FN2O2/c1-2-14-10-16(6-9-21(14)29)24-26(19-8-7-18(28)12-22(19)30-25(26)33)20(13-23(32)31-24)15-4-3-5-17(27)11-15/h1,3-12,20,24H,13H2,(H,30,33)(H,31,32)/t20-,24+,26-/m0/s1. The van der Waals surface area contributed by atoms with E-state index >= 15 is 0 Å². The fourth-order valence-electron chi connectivity index (χ4n) is 5.13. The number of anilines is 1. The lowest BCUT2D eigenvalue weighted by Crippen LogP contribution is -2.56. The van der Waals surface area contributed by atoms with Crippen LogP contribution in [0, 0.1) is 18.2 Å². The smallest absolute Gasteiger partial charge is 0.238 e. The first-order chi connectivity index (χ1) is 15.8. The lowest BCUT2D eigenvalue weighted by molar-refractivity contribution is -0.131. The summed E-state index contributed by atoms with van der Waals surface area (Å²) in [6.07, 6.45) is 5.56. The number of piperidine rings is 1. The summed E-state index contributed by atoms with van der Waals surface area (Å²) in [4.78, 5) is 26.8. The average Bonchev–Trinajstić information content (AvgIpc) is 3.06. The number of carbonyl (C=O) groups excluding carboxylic acids is 2. The minimum absolute atomic E-state index is 0.0523. The Balaban J connectivity index is 1.81. The van der Waals surface area contributed by atoms with Crippen molar-refractivity contribution in [1.29, 1.82) is 0 Å². The van der Waals surface area contributed by atoms with Gasteiger partial charge in [0.1, 0.15) is 11.2 Å². The summed E-state index contributed by atoms with van der Waals surface area (Å²) < 4.78 is 14.2. The van der Waals surface area contributed by atoms with Gasteiger partial charge < -0.3 is 10.6 Å². The summed E-state index contributed by atoms with van der Waals surface area (Å²) >= 11 is 12.5. The van der Waals surface area contributed by atoms with E-state index in [4.69, 9.17) is 29.6 Å². The van der Waals surface area contributed by atoms with Gasteiger partial charge in [-0.2, -0.15) is 0 Å². The van der Waals surface area contributed by atoms with Crippen molar-refractivity contribution in [2.24, 2.45) is 0 Å². The van der Waals surface area contributed by atoms with Crippen LogP contribution in [0.2, 0.25) is 10.0 Å². The molecule has 2 N–H and O–H groups in total. The zero-order chi connectivity index (χ0) is 23.3. The largest absolute Gasteiger partial charge is 0.348 e. The number of hydrogen-bond donors (Lipinski definition) is 2. The van der Waals surface area contributed by atoms with Gasteiger partial charge in [0, 0.05) is 28.1 Å². The van der Waals surface area contributed by atoms with Crippen molar-refractivity contribution in [3.8, 4) is 12.3 Å². The molecule has 4 nitrogen and oxygen atoms in total. The minimum Gasteiger partial charge on any atom is -0.348 e. The Hall–Kier alpha value is -3.33. The predicted molar refractivity (Wildman–Crippen MR) is 126 cm³/mol. The van der Waals surface area contributed by atoms with Crippen LogP contribution in [0.4, 0.5) is 10.1 Å². The van der Waals surface area contributed by atoms with E-state index in [1.165, 1.54) is 12.1 Å². The molecule has 2 heterocycles. The Morgan fingerprint density at radius 3 is 2.55 bits per heavy atom. The molecule has 0 aromatic heterocycles. The number of benzene rings is 3. The summed E-state index contributed by atoms with van der Waals surface area (Å²) in [5.74, 6) is 0.707. The molecule has 3 aromatic carbocycles. The highest BCUT2D eigenvalue weighted by atomic mass is 35.5. The summed E-state index contributed by atoms with van der Waals surface area (Å²) in [5, 5.41) is 6.89. The fraction of sp³-hybridized carbons (Fsp3) is 0.154. The highest BCUT2D eigenvalue weighted by molar-refractivity contribution is 6.31. The molecule has 5 rings (SSSR count). The van der Waals surface area contributed by atoms with Crippen LogP contribution in [0.1, 0.15) is 40.6 Å². The molecule has 33 heavy (non-hydrogen) atoms. The normalized spacial score (nSPS) is 23.6. The molecule has 1 fully saturated rings. The molecule has 0 bridgehead atoms. The van der Waals surface area contributed by atoms with Crippen LogP contribution in [0.5, 0.6) is 0 Å². The molecule has 2 amide bonds. The van der Waals surface area contributed by atoms with E-state index in [0.29, 0.717) is 26.9 Å². The van der Waals surface area contributed by atoms with Crippen molar-refractivity contribution < 1.29 is 14.0 Å². The minimum atomic E-state index is -1.23. The van der Waals surface area contributed by atoms with Gasteiger partial charge in [0.2, 0.25) is 11.8 Å². The molecule has 1 spiro atoms. The second kappa shape index (κ2) is 7.91. The highest BCUT2D eigenvalue weighted by Gasteiger charge is 2.61. The number of nitrogens with one attached hydrogen (secondary N) is 2. The van der Waals surface area contributed by atoms with Crippen LogP contribution in [-0.2, 0) is 15.0 Å². The molecule has 0 saturated carbocycles. The first-order valence-corrected chi connectivity index (χ1v) is 11.0. The number of halogens is 3. The number of carbonyl (C=O) groups is 2. The monoisotopic (exact) mass is 478 g/mol. The van der Waals surface area contributed by atoms with Crippen LogP contribution in [0.3, 0.4) is 0 Å². The van der Waals surface area contributed by atoms with E-state index in [2.05, 4.69) is 16.6 Å². The van der Waals surface area contributed by atoms with Gasteiger partial charge in [-0.1, -0.05) is 53.4 Å². The molecule has 0 unspecified atom stereocenters. The molecule has 0 radical (unpaired) electrons. The Morgan fingerprint density at radius 2 is 1.79 bits per heavy atom. The summed E-state index contributed by atoms with van der Waals surface area (Å²) in [6.45, 7) is 0. The molecule has 2 aliphatic heterocycles. The van der Waals surface area contributed by atoms with Gasteiger partial charge in [0.25, 0.3) is 0 Å². The Morgan fingerprint density at radius 1 is 1.00 bits per heavy atom. The van der Waals surface area contributed by atoms with Crippen molar-refractivity contribution in [2.45, 2.75) is 23.8 Å². The third-order valence-electron chi connectivity index (χ3n) is 6.48. The number of rotatable bonds is 2. The maximum atomic E-state index is 14.2. The van der Waals surface area contributed by atoms with Crippen LogP contribution in [-0.4, -0.2) is 11.8 Å². The summed E-state index contributed by atoms with van der Waals surface area (Å²) in [5.41, 5.74) is 1.36. The van der Waals surface area contributed by atoms with Crippen molar-refractivity contribution in [3.63, 3.8) is 0 Å². The molecule has 1 saturated heterocycles. The Kier molecular flexibility index (Phi) is 5.16. The van der Waals surface area contributed by atoms with Gasteiger partial charge in [0.15, 0.2) is 0 Å². The maximum absolute atomic E-state index is 14.2. The SMILES string of the molecule is C#Cc1cc([C@H]2NC(=O)C[C@@H](c3cccc(Cl)c3)[C@]23C(=O)Nc2cc(Cl)ccc23)ccc1F. The van der Waals surface area contributed by atoms with Gasteiger partial charge >= 0.3 is 0 Å². The third kappa shape index (κ3) is 3.30. The number of terminal acetylenes is 1. The average molecular weight is 479 g/mol. The van der Waals surface area contributed by atoms with Crippen LogP contribution >= 0.6 is 23.2 Å². The van der Waals surface area contributed by atoms with E-state index in [1.807, 2.05) is 6.07 Å². The zero-order valence-corrected chi connectivity index (χ0v) is 18.7. The van der Waals surface area contributed by atoms with Crippen molar-refractivity contribution in [2.75, 3.05) is 5.32 Å². The molecule has 3 aromatic rings.